The van der Waals surface area contributed by atoms with Gasteiger partial charge in [0, 0.05) is 19.3 Å². The number of carbonyl (C=O) groups is 1. The van der Waals surface area contributed by atoms with Crippen molar-refractivity contribution >= 4 is 41.5 Å². The van der Waals surface area contributed by atoms with Crippen LogP contribution in [0.1, 0.15) is 37.1 Å². The van der Waals surface area contributed by atoms with Gasteiger partial charge in [0.05, 0.1) is 18.8 Å². The maximum Gasteiger partial charge on any atom is 0.243 e. The molecule has 30 heavy (non-hydrogen) atoms. The monoisotopic (exact) mass is 525 g/mol. The van der Waals surface area contributed by atoms with Gasteiger partial charge in [-0.25, -0.2) is 0 Å². The molecule has 0 aliphatic carbocycles. The molecule has 1 atom stereocenters. The molecular formula is C22H32IN5O2. The highest BCUT2D eigenvalue weighted by Gasteiger charge is 2.25. The Kier molecular flexibility index (Phi) is 10.2. The second-order valence-corrected chi connectivity index (χ2v) is 7.18. The van der Waals surface area contributed by atoms with Crippen LogP contribution >= 0.6 is 24.0 Å². The first kappa shape index (κ1) is 24.2. The lowest BCUT2D eigenvalue weighted by molar-refractivity contribution is -0.115. The van der Waals surface area contributed by atoms with Crippen LogP contribution in [-0.4, -0.2) is 50.0 Å². The normalized spacial score (nSPS) is 15.3. The fourth-order valence-corrected chi connectivity index (χ4v) is 3.60. The summed E-state index contributed by atoms with van der Waals surface area (Å²) in [5, 5.41) is 9.34. The Morgan fingerprint density at radius 2 is 2.00 bits per heavy atom. The van der Waals surface area contributed by atoms with E-state index in [2.05, 4.69) is 38.8 Å². The third-order valence-corrected chi connectivity index (χ3v) is 5.17. The van der Waals surface area contributed by atoms with Crippen molar-refractivity contribution in [2.24, 2.45) is 4.99 Å². The van der Waals surface area contributed by atoms with Crippen LogP contribution in [0.4, 0.5) is 5.69 Å². The third-order valence-electron chi connectivity index (χ3n) is 5.17. The average molecular weight is 525 g/mol. The van der Waals surface area contributed by atoms with Crippen LogP contribution in [0.3, 0.4) is 0 Å². The molecule has 8 heteroatoms. The topological polar surface area (TPSA) is 81.9 Å². The molecule has 1 aromatic carbocycles. The Balaban J connectivity index is 0.00000320. The number of furan rings is 1. The van der Waals surface area contributed by atoms with Crippen molar-refractivity contribution in [3.05, 3.63) is 54.0 Å². The number of aliphatic imine (C=N–C) groups is 1. The van der Waals surface area contributed by atoms with E-state index in [9.17, 15) is 4.79 Å². The number of guanidine groups is 1. The van der Waals surface area contributed by atoms with Crippen LogP contribution in [-0.2, 0) is 11.2 Å². The minimum absolute atomic E-state index is 0. The highest BCUT2D eigenvalue weighted by Crippen LogP contribution is 2.24. The van der Waals surface area contributed by atoms with Gasteiger partial charge >= 0.3 is 0 Å². The summed E-state index contributed by atoms with van der Waals surface area (Å²) in [6, 6.07) is 12.0. The molecule has 164 valence electrons. The Hall–Kier alpha value is -2.07. The number of nitrogens with zero attached hydrogens (tertiary/aromatic N) is 2. The summed E-state index contributed by atoms with van der Waals surface area (Å²) in [5.41, 5.74) is 2.00. The number of hydrogen-bond donors (Lipinski definition) is 3. The number of anilines is 1. The molecular weight excluding hydrogens is 493 g/mol. The number of aryl methyl sites for hydroxylation is 1. The summed E-state index contributed by atoms with van der Waals surface area (Å²) in [4.78, 5) is 18.9. The van der Waals surface area contributed by atoms with Gasteiger partial charge in [-0.1, -0.05) is 19.1 Å². The van der Waals surface area contributed by atoms with Crippen molar-refractivity contribution in [3.63, 3.8) is 0 Å². The lowest BCUT2D eigenvalue weighted by Crippen LogP contribution is -2.44. The predicted molar refractivity (Wildman–Crippen MR) is 131 cm³/mol. The van der Waals surface area contributed by atoms with E-state index in [1.807, 2.05) is 30.3 Å². The Labute approximate surface area is 195 Å². The van der Waals surface area contributed by atoms with Crippen LogP contribution in [0, 0.1) is 0 Å². The van der Waals surface area contributed by atoms with E-state index in [0.717, 1.165) is 31.0 Å². The minimum Gasteiger partial charge on any atom is -0.468 e. The van der Waals surface area contributed by atoms with Gasteiger partial charge in [-0.2, -0.15) is 0 Å². The van der Waals surface area contributed by atoms with Gasteiger partial charge in [-0.3, -0.25) is 14.7 Å². The van der Waals surface area contributed by atoms with Crippen LogP contribution < -0.4 is 16.0 Å². The molecule has 3 N–H and O–H groups in total. The number of amides is 1. The van der Waals surface area contributed by atoms with Crippen LogP contribution in [0.2, 0.25) is 0 Å². The Bertz CT molecular complexity index is 804. The molecule has 1 aromatic heterocycles. The molecule has 7 nitrogen and oxygen atoms in total. The average Bonchev–Trinajstić information content (AvgIpc) is 3.45. The standard InChI is InChI=1S/C22H31N5O2.HI/c1-3-17-8-6-9-18(14-17)26-21(28)16-25-22(23-2)24-15-19(20-10-7-13-29-20)27-11-4-5-12-27;/h6-10,13-14,19H,3-5,11-12,15-16H2,1-2H3,(H,26,28)(H2,23,24,25);1H. The number of rotatable bonds is 8. The number of nitrogens with one attached hydrogen (secondary N) is 3. The molecule has 1 fully saturated rings. The molecule has 0 radical (unpaired) electrons. The van der Waals surface area contributed by atoms with Crippen LogP contribution in [0.5, 0.6) is 0 Å². The second-order valence-electron chi connectivity index (χ2n) is 7.18. The fraction of sp³-hybridized carbons (Fsp3) is 0.455. The summed E-state index contributed by atoms with van der Waals surface area (Å²) >= 11 is 0. The molecule has 1 aliphatic heterocycles. The first-order valence-corrected chi connectivity index (χ1v) is 10.3. The van der Waals surface area contributed by atoms with E-state index >= 15 is 0 Å². The Morgan fingerprint density at radius 3 is 2.67 bits per heavy atom. The molecule has 2 heterocycles. The predicted octanol–water partition coefficient (Wildman–Crippen LogP) is 3.40. The highest BCUT2D eigenvalue weighted by atomic mass is 127. The zero-order valence-corrected chi connectivity index (χ0v) is 20.0. The third kappa shape index (κ3) is 7.02. The van der Waals surface area contributed by atoms with Crippen molar-refractivity contribution < 1.29 is 9.21 Å². The number of benzene rings is 1. The number of hydrogen-bond acceptors (Lipinski definition) is 4. The van der Waals surface area contributed by atoms with Crippen molar-refractivity contribution in [3.8, 4) is 0 Å². The molecule has 1 unspecified atom stereocenters. The fourth-order valence-electron chi connectivity index (χ4n) is 3.60. The molecule has 3 rings (SSSR count). The van der Waals surface area contributed by atoms with Gasteiger partial charge in [0.25, 0.3) is 0 Å². The minimum atomic E-state index is -0.108. The molecule has 0 bridgehead atoms. The van der Waals surface area contributed by atoms with E-state index in [1.165, 1.54) is 18.4 Å². The summed E-state index contributed by atoms with van der Waals surface area (Å²) < 4.78 is 5.65. The first-order chi connectivity index (χ1) is 14.2. The molecule has 1 aliphatic rings. The molecule has 0 saturated carbocycles. The van der Waals surface area contributed by atoms with E-state index < -0.39 is 0 Å². The number of carbonyl (C=O) groups excluding carboxylic acids is 1. The van der Waals surface area contributed by atoms with Crippen molar-refractivity contribution in [1.29, 1.82) is 0 Å². The maximum absolute atomic E-state index is 12.3. The van der Waals surface area contributed by atoms with E-state index in [1.54, 1.807) is 13.3 Å². The quantitative estimate of drug-likeness (QED) is 0.280. The van der Waals surface area contributed by atoms with Gasteiger partial charge in [0.15, 0.2) is 5.96 Å². The maximum atomic E-state index is 12.3. The molecule has 0 spiro atoms. The Morgan fingerprint density at radius 1 is 1.20 bits per heavy atom. The van der Waals surface area contributed by atoms with Crippen molar-refractivity contribution in [1.82, 2.24) is 15.5 Å². The SMILES string of the molecule is CCc1cccc(NC(=O)CNC(=NC)NCC(c2ccco2)N2CCCC2)c1.I. The zero-order valence-electron chi connectivity index (χ0n) is 17.7. The summed E-state index contributed by atoms with van der Waals surface area (Å²) in [6.07, 6.45) is 5.07. The van der Waals surface area contributed by atoms with Crippen LogP contribution in [0.25, 0.3) is 0 Å². The van der Waals surface area contributed by atoms with Gasteiger partial charge in [-0.15, -0.1) is 24.0 Å². The molecule has 1 saturated heterocycles. The second kappa shape index (κ2) is 12.6. The van der Waals surface area contributed by atoms with Crippen molar-refractivity contribution in [2.45, 2.75) is 32.2 Å². The highest BCUT2D eigenvalue weighted by molar-refractivity contribution is 14.0. The van der Waals surface area contributed by atoms with Gasteiger partial charge in [0.2, 0.25) is 5.91 Å². The van der Waals surface area contributed by atoms with Gasteiger partial charge in [0.1, 0.15) is 5.76 Å². The van der Waals surface area contributed by atoms with E-state index in [0.29, 0.717) is 12.5 Å². The summed E-state index contributed by atoms with van der Waals surface area (Å²) in [5.74, 6) is 1.44. The molecule has 2 aromatic rings. The lowest BCUT2D eigenvalue weighted by atomic mass is 10.1. The summed E-state index contributed by atoms with van der Waals surface area (Å²) in [6.45, 7) is 5.03. The lowest BCUT2D eigenvalue weighted by Gasteiger charge is -2.26. The largest absolute Gasteiger partial charge is 0.468 e. The number of likely N-dealkylation sites (tertiary alicyclic amines) is 1. The first-order valence-electron chi connectivity index (χ1n) is 10.3. The summed E-state index contributed by atoms with van der Waals surface area (Å²) in [7, 11) is 1.70. The van der Waals surface area contributed by atoms with E-state index in [4.69, 9.17) is 4.42 Å². The van der Waals surface area contributed by atoms with Crippen LogP contribution in [0.15, 0.2) is 52.1 Å². The number of halogens is 1. The van der Waals surface area contributed by atoms with E-state index in [-0.39, 0.29) is 42.5 Å². The zero-order chi connectivity index (χ0) is 20.5. The van der Waals surface area contributed by atoms with Gasteiger partial charge < -0.3 is 20.4 Å². The molecule has 1 amide bonds. The van der Waals surface area contributed by atoms with Gasteiger partial charge in [-0.05, 0) is 62.2 Å². The van der Waals surface area contributed by atoms with Crippen molar-refractivity contribution in [2.75, 3.05) is 38.5 Å². The smallest absolute Gasteiger partial charge is 0.243 e.